The van der Waals surface area contributed by atoms with Crippen molar-refractivity contribution in [3.63, 3.8) is 0 Å². The normalized spacial score (nSPS) is 10.8. The third kappa shape index (κ3) is 2.42. The summed E-state index contributed by atoms with van der Waals surface area (Å²) >= 11 is 12.2. The number of hydrogen-bond acceptors (Lipinski definition) is 3. The van der Waals surface area contributed by atoms with Crippen molar-refractivity contribution < 1.29 is 4.74 Å². The van der Waals surface area contributed by atoms with Gasteiger partial charge in [0.05, 0.1) is 12.6 Å². The molecule has 0 unspecified atom stereocenters. The lowest BCUT2D eigenvalue weighted by atomic mass is 10.2. The summed E-state index contributed by atoms with van der Waals surface area (Å²) in [6.07, 6.45) is 0. The third-order valence-corrected chi connectivity index (χ3v) is 3.48. The van der Waals surface area contributed by atoms with Gasteiger partial charge in [0.1, 0.15) is 10.9 Å². The van der Waals surface area contributed by atoms with E-state index < -0.39 is 0 Å². The molecular weight excluding hydrogens is 295 g/mol. The Hall–Kier alpha value is -1.84. The Balaban J connectivity index is 2.15. The smallest absolute Gasteiger partial charge is 0.161 e. The van der Waals surface area contributed by atoms with Gasteiger partial charge in [-0.15, -0.1) is 0 Å². The molecule has 0 radical (unpaired) electrons. The predicted molar refractivity (Wildman–Crippen MR) is 81.5 cm³/mol. The fourth-order valence-corrected chi connectivity index (χ4v) is 2.34. The van der Waals surface area contributed by atoms with Crippen LogP contribution in [0.4, 0.5) is 0 Å². The van der Waals surface area contributed by atoms with Crippen molar-refractivity contribution in [2.45, 2.75) is 0 Å². The van der Waals surface area contributed by atoms with Crippen LogP contribution in [-0.2, 0) is 0 Å². The molecule has 0 aliphatic rings. The largest absolute Gasteiger partial charge is 0.497 e. The molecular formula is C15H10Cl2N2O. The number of benzene rings is 2. The molecule has 0 aliphatic carbocycles. The lowest BCUT2D eigenvalue weighted by Crippen LogP contribution is -1.92. The highest BCUT2D eigenvalue weighted by Crippen LogP contribution is 2.27. The molecule has 0 N–H and O–H groups in total. The van der Waals surface area contributed by atoms with E-state index in [0.29, 0.717) is 16.0 Å². The van der Waals surface area contributed by atoms with Crippen LogP contribution >= 0.6 is 23.2 Å². The molecule has 0 saturated heterocycles. The first-order valence-electron chi connectivity index (χ1n) is 5.94. The zero-order chi connectivity index (χ0) is 14.1. The second kappa shape index (κ2) is 5.27. The number of hydrogen-bond donors (Lipinski definition) is 0. The number of methoxy groups -OCH3 is 1. The zero-order valence-electron chi connectivity index (χ0n) is 10.6. The first-order valence-corrected chi connectivity index (χ1v) is 6.70. The average molecular weight is 305 g/mol. The van der Waals surface area contributed by atoms with Crippen LogP contribution in [0.25, 0.3) is 22.3 Å². The van der Waals surface area contributed by atoms with Crippen LogP contribution in [0.15, 0.2) is 42.5 Å². The highest BCUT2D eigenvalue weighted by atomic mass is 35.5. The van der Waals surface area contributed by atoms with Crippen LogP contribution in [0.1, 0.15) is 0 Å². The molecule has 0 bridgehead atoms. The van der Waals surface area contributed by atoms with E-state index >= 15 is 0 Å². The van der Waals surface area contributed by atoms with Gasteiger partial charge in [-0.3, -0.25) is 0 Å². The Morgan fingerprint density at radius 3 is 2.40 bits per heavy atom. The second-order valence-corrected chi connectivity index (χ2v) is 5.02. The van der Waals surface area contributed by atoms with E-state index in [-0.39, 0.29) is 0 Å². The summed E-state index contributed by atoms with van der Waals surface area (Å²) in [5.41, 5.74) is 1.60. The summed E-state index contributed by atoms with van der Waals surface area (Å²) < 4.78 is 5.13. The fourth-order valence-electron chi connectivity index (χ4n) is 1.93. The van der Waals surface area contributed by atoms with E-state index in [2.05, 4.69) is 9.97 Å². The van der Waals surface area contributed by atoms with Crippen molar-refractivity contribution >= 4 is 34.1 Å². The van der Waals surface area contributed by atoms with Gasteiger partial charge in [0.2, 0.25) is 0 Å². The molecule has 0 aliphatic heterocycles. The maximum atomic E-state index is 6.20. The van der Waals surface area contributed by atoms with Crippen LogP contribution in [-0.4, -0.2) is 17.1 Å². The molecule has 3 nitrogen and oxygen atoms in total. The molecule has 0 fully saturated rings. The summed E-state index contributed by atoms with van der Waals surface area (Å²) in [7, 11) is 1.63. The van der Waals surface area contributed by atoms with Gasteiger partial charge < -0.3 is 4.74 Å². The van der Waals surface area contributed by atoms with Gasteiger partial charge >= 0.3 is 0 Å². The number of ether oxygens (including phenoxy) is 1. The maximum Gasteiger partial charge on any atom is 0.161 e. The monoisotopic (exact) mass is 304 g/mol. The molecule has 100 valence electrons. The van der Waals surface area contributed by atoms with Crippen LogP contribution in [0.5, 0.6) is 5.75 Å². The van der Waals surface area contributed by atoms with Gasteiger partial charge in [-0.05, 0) is 42.5 Å². The second-order valence-electron chi connectivity index (χ2n) is 4.23. The minimum atomic E-state index is 0.414. The van der Waals surface area contributed by atoms with E-state index in [1.54, 1.807) is 19.2 Å². The lowest BCUT2D eigenvalue weighted by molar-refractivity contribution is 0.415. The number of rotatable bonds is 2. The van der Waals surface area contributed by atoms with Gasteiger partial charge in [0.15, 0.2) is 5.82 Å². The van der Waals surface area contributed by atoms with E-state index in [0.717, 1.165) is 22.2 Å². The first kappa shape index (κ1) is 13.2. The number of fused-ring (bicyclic) bond motifs is 1. The summed E-state index contributed by atoms with van der Waals surface area (Å²) in [6, 6.07) is 12.9. The van der Waals surface area contributed by atoms with Crippen LogP contribution < -0.4 is 4.74 Å². The summed E-state index contributed by atoms with van der Waals surface area (Å²) in [5.74, 6) is 1.34. The molecule has 1 aromatic heterocycles. The molecule has 0 spiro atoms. The Bertz CT molecular complexity index is 773. The first-order chi connectivity index (χ1) is 9.67. The van der Waals surface area contributed by atoms with Crippen molar-refractivity contribution in [1.82, 2.24) is 9.97 Å². The van der Waals surface area contributed by atoms with Gasteiger partial charge in [-0.2, -0.15) is 0 Å². The molecule has 20 heavy (non-hydrogen) atoms. The highest BCUT2D eigenvalue weighted by molar-refractivity contribution is 6.35. The van der Waals surface area contributed by atoms with Crippen molar-refractivity contribution in [1.29, 1.82) is 0 Å². The average Bonchev–Trinajstić information content (AvgIpc) is 2.46. The van der Waals surface area contributed by atoms with Crippen LogP contribution in [0, 0.1) is 0 Å². The molecule has 0 atom stereocenters. The molecule has 1 heterocycles. The maximum absolute atomic E-state index is 6.20. The van der Waals surface area contributed by atoms with Crippen molar-refractivity contribution in [3.05, 3.63) is 52.6 Å². The Morgan fingerprint density at radius 1 is 0.950 bits per heavy atom. The minimum Gasteiger partial charge on any atom is -0.497 e. The van der Waals surface area contributed by atoms with Crippen molar-refractivity contribution in [3.8, 4) is 17.1 Å². The molecule has 3 aromatic rings. The van der Waals surface area contributed by atoms with Crippen molar-refractivity contribution in [2.75, 3.05) is 7.11 Å². The van der Waals surface area contributed by atoms with Crippen LogP contribution in [0.3, 0.4) is 0 Å². The van der Waals surface area contributed by atoms with Gasteiger partial charge in [-0.1, -0.05) is 23.2 Å². The lowest BCUT2D eigenvalue weighted by Gasteiger charge is -2.06. The SMILES string of the molecule is COc1ccc(-c2nc(Cl)c3ccc(Cl)cc3n2)cc1. The summed E-state index contributed by atoms with van der Waals surface area (Å²) in [6.45, 7) is 0. The van der Waals surface area contributed by atoms with Gasteiger partial charge in [-0.25, -0.2) is 9.97 Å². The third-order valence-electron chi connectivity index (χ3n) is 2.96. The van der Waals surface area contributed by atoms with E-state index in [4.69, 9.17) is 27.9 Å². The molecule has 5 heteroatoms. The van der Waals surface area contributed by atoms with E-state index in [9.17, 15) is 0 Å². The van der Waals surface area contributed by atoms with Crippen molar-refractivity contribution in [2.24, 2.45) is 0 Å². The molecule has 0 amide bonds. The topological polar surface area (TPSA) is 35.0 Å². The Morgan fingerprint density at radius 2 is 1.70 bits per heavy atom. The van der Waals surface area contributed by atoms with Gasteiger partial charge in [0.25, 0.3) is 0 Å². The zero-order valence-corrected chi connectivity index (χ0v) is 12.1. The molecule has 2 aromatic carbocycles. The fraction of sp³-hybridized carbons (Fsp3) is 0.0667. The molecule has 3 rings (SSSR count). The summed E-state index contributed by atoms with van der Waals surface area (Å²) in [4.78, 5) is 8.83. The van der Waals surface area contributed by atoms with Crippen LogP contribution in [0.2, 0.25) is 10.2 Å². The Labute approximate surface area is 126 Å². The minimum absolute atomic E-state index is 0.414. The number of aromatic nitrogens is 2. The number of nitrogens with zero attached hydrogens (tertiary/aromatic N) is 2. The highest BCUT2D eigenvalue weighted by Gasteiger charge is 2.08. The number of halogens is 2. The quantitative estimate of drug-likeness (QED) is 0.648. The standard InChI is InChI=1S/C15H10Cl2N2O/c1-20-11-5-2-9(3-6-11)15-18-13-8-10(16)4-7-12(13)14(17)19-15/h2-8H,1H3. The van der Waals surface area contributed by atoms with E-state index in [1.807, 2.05) is 30.3 Å². The summed E-state index contributed by atoms with van der Waals surface area (Å²) in [5, 5.41) is 1.82. The predicted octanol–water partition coefficient (Wildman–Crippen LogP) is 4.61. The van der Waals surface area contributed by atoms with E-state index in [1.165, 1.54) is 0 Å². The Kier molecular flexibility index (Phi) is 3.47. The van der Waals surface area contributed by atoms with Gasteiger partial charge in [0, 0.05) is 16.0 Å². The molecule has 0 saturated carbocycles.